The van der Waals surface area contributed by atoms with Crippen LogP contribution >= 0.6 is 35.4 Å². The van der Waals surface area contributed by atoms with Crippen LogP contribution in [-0.2, 0) is 0 Å². The second-order valence-electron chi connectivity index (χ2n) is 4.89. The van der Waals surface area contributed by atoms with Crippen molar-refractivity contribution in [2.24, 2.45) is 0 Å². The average Bonchev–Trinajstić information content (AvgIpc) is 2.50. The van der Waals surface area contributed by atoms with Crippen LogP contribution in [0.25, 0.3) is 0 Å². The Hall–Kier alpha value is -2.15. The normalized spacial score (nSPS) is 10.1. The van der Waals surface area contributed by atoms with Crippen molar-refractivity contribution in [3.8, 4) is 0 Å². The number of carboxylic acids is 1. The van der Waals surface area contributed by atoms with Crippen molar-refractivity contribution in [3.05, 3.63) is 63.1 Å². The molecule has 8 heteroatoms. The number of aryl methyl sites for hydroxylation is 1. The number of thiocarbonyl (C=S) groups is 1. The molecule has 0 unspecified atom stereocenters. The SMILES string of the molecule is Cc1ccc(C(=O)NC(=S)Nc2cc(C(=O)O)c(Cl)cc2Cl)cc1. The Kier molecular flexibility index (Phi) is 5.77. The predicted molar refractivity (Wildman–Crippen MR) is 98.3 cm³/mol. The molecule has 5 nitrogen and oxygen atoms in total. The third-order valence-electron chi connectivity index (χ3n) is 3.08. The van der Waals surface area contributed by atoms with E-state index in [9.17, 15) is 9.59 Å². The van der Waals surface area contributed by atoms with Gasteiger partial charge in [0.05, 0.1) is 21.3 Å². The molecular formula is C16H12Cl2N2O3S. The van der Waals surface area contributed by atoms with Crippen molar-refractivity contribution in [1.82, 2.24) is 5.32 Å². The van der Waals surface area contributed by atoms with Gasteiger partial charge in [-0.15, -0.1) is 0 Å². The van der Waals surface area contributed by atoms with Crippen LogP contribution in [0.4, 0.5) is 5.69 Å². The maximum absolute atomic E-state index is 12.1. The number of carbonyl (C=O) groups excluding carboxylic acids is 1. The van der Waals surface area contributed by atoms with Gasteiger partial charge >= 0.3 is 5.97 Å². The molecule has 0 aliphatic heterocycles. The minimum Gasteiger partial charge on any atom is -0.478 e. The highest BCUT2D eigenvalue weighted by Gasteiger charge is 2.14. The molecule has 2 rings (SSSR count). The van der Waals surface area contributed by atoms with Crippen LogP contribution in [0, 0.1) is 6.92 Å². The largest absolute Gasteiger partial charge is 0.478 e. The van der Waals surface area contributed by atoms with Crippen LogP contribution in [0.1, 0.15) is 26.3 Å². The predicted octanol–water partition coefficient (Wildman–Crippen LogP) is 4.13. The summed E-state index contributed by atoms with van der Waals surface area (Å²) in [5.74, 6) is -1.59. The van der Waals surface area contributed by atoms with Gasteiger partial charge in [0.15, 0.2) is 5.11 Å². The molecule has 2 aromatic carbocycles. The summed E-state index contributed by atoms with van der Waals surface area (Å²) in [5.41, 5.74) is 1.57. The van der Waals surface area contributed by atoms with Gasteiger partial charge in [-0.3, -0.25) is 10.1 Å². The minimum atomic E-state index is -1.20. The summed E-state index contributed by atoms with van der Waals surface area (Å²) < 4.78 is 0. The first-order valence-corrected chi connectivity index (χ1v) is 7.85. The summed E-state index contributed by atoms with van der Waals surface area (Å²) in [4.78, 5) is 23.2. The molecule has 0 aromatic heterocycles. The lowest BCUT2D eigenvalue weighted by molar-refractivity contribution is 0.0697. The number of rotatable bonds is 3. The molecule has 0 atom stereocenters. The van der Waals surface area contributed by atoms with Gasteiger partial charge in [-0.25, -0.2) is 4.79 Å². The topological polar surface area (TPSA) is 78.4 Å². The van der Waals surface area contributed by atoms with Crippen LogP contribution in [-0.4, -0.2) is 22.1 Å². The Morgan fingerprint density at radius 3 is 2.29 bits per heavy atom. The molecule has 0 radical (unpaired) electrons. The van der Waals surface area contributed by atoms with Gasteiger partial charge in [0, 0.05) is 5.56 Å². The minimum absolute atomic E-state index is 0.00709. The fraction of sp³-hybridized carbons (Fsp3) is 0.0625. The van der Waals surface area contributed by atoms with E-state index in [0.717, 1.165) is 5.56 Å². The first-order chi connectivity index (χ1) is 11.3. The smallest absolute Gasteiger partial charge is 0.337 e. The summed E-state index contributed by atoms with van der Waals surface area (Å²) in [6, 6.07) is 9.49. The maximum atomic E-state index is 12.1. The van der Waals surface area contributed by atoms with Crippen LogP contribution in [0.15, 0.2) is 36.4 Å². The van der Waals surface area contributed by atoms with Gasteiger partial charge in [-0.05, 0) is 43.4 Å². The number of amides is 1. The molecule has 3 N–H and O–H groups in total. The molecule has 0 aliphatic rings. The number of anilines is 1. The van der Waals surface area contributed by atoms with E-state index in [1.165, 1.54) is 12.1 Å². The van der Waals surface area contributed by atoms with Crippen LogP contribution in [0.5, 0.6) is 0 Å². The lowest BCUT2D eigenvalue weighted by Crippen LogP contribution is -2.34. The van der Waals surface area contributed by atoms with E-state index in [2.05, 4.69) is 10.6 Å². The third kappa shape index (κ3) is 4.44. The Balaban J connectivity index is 2.12. The molecule has 0 fully saturated rings. The van der Waals surface area contributed by atoms with Gasteiger partial charge in [-0.2, -0.15) is 0 Å². The Morgan fingerprint density at radius 1 is 1.08 bits per heavy atom. The van der Waals surface area contributed by atoms with Crippen LogP contribution < -0.4 is 10.6 Å². The molecule has 0 saturated carbocycles. The second kappa shape index (κ2) is 7.61. The van der Waals surface area contributed by atoms with Crippen molar-refractivity contribution in [3.63, 3.8) is 0 Å². The summed E-state index contributed by atoms with van der Waals surface area (Å²) in [6.07, 6.45) is 0. The number of benzene rings is 2. The number of aromatic carboxylic acids is 1. The zero-order chi connectivity index (χ0) is 17.9. The Morgan fingerprint density at radius 2 is 1.71 bits per heavy atom. The number of hydrogen-bond donors (Lipinski definition) is 3. The third-order valence-corrected chi connectivity index (χ3v) is 3.91. The van der Waals surface area contributed by atoms with E-state index in [-0.39, 0.29) is 26.4 Å². The molecule has 24 heavy (non-hydrogen) atoms. The van der Waals surface area contributed by atoms with Gasteiger partial charge in [0.25, 0.3) is 5.91 Å². The first kappa shape index (κ1) is 18.2. The van der Waals surface area contributed by atoms with Crippen molar-refractivity contribution in [2.45, 2.75) is 6.92 Å². The number of halogens is 2. The summed E-state index contributed by atoms with van der Waals surface area (Å²) >= 11 is 16.9. The zero-order valence-electron chi connectivity index (χ0n) is 12.4. The number of carbonyl (C=O) groups is 2. The quantitative estimate of drug-likeness (QED) is 0.695. The van der Waals surface area contributed by atoms with E-state index in [1.807, 2.05) is 6.92 Å². The molecule has 2 aromatic rings. The summed E-state index contributed by atoms with van der Waals surface area (Å²) in [7, 11) is 0. The van der Waals surface area contributed by atoms with E-state index in [4.69, 9.17) is 40.5 Å². The molecular weight excluding hydrogens is 371 g/mol. The lowest BCUT2D eigenvalue weighted by atomic mass is 10.1. The first-order valence-electron chi connectivity index (χ1n) is 6.69. The van der Waals surface area contributed by atoms with E-state index in [0.29, 0.717) is 5.56 Å². The standard InChI is InChI=1S/C16H12Cl2N2O3S/c1-8-2-4-9(5-3-8)14(21)20-16(24)19-13-6-10(15(22)23)11(17)7-12(13)18/h2-7H,1H3,(H,22,23)(H2,19,20,21,24). The molecule has 124 valence electrons. The van der Waals surface area contributed by atoms with E-state index in [1.54, 1.807) is 24.3 Å². The monoisotopic (exact) mass is 382 g/mol. The number of carboxylic acid groups (broad SMARTS) is 1. The molecule has 0 aliphatic carbocycles. The average molecular weight is 383 g/mol. The highest BCUT2D eigenvalue weighted by Crippen LogP contribution is 2.29. The van der Waals surface area contributed by atoms with Gasteiger partial charge in [0.1, 0.15) is 0 Å². The maximum Gasteiger partial charge on any atom is 0.337 e. The van der Waals surface area contributed by atoms with Crippen molar-refractivity contribution in [1.29, 1.82) is 0 Å². The highest BCUT2D eigenvalue weighted by atomic mass is 35.5. The van der Waals surface area contributed by atoms with E-state index >= 15 is 0 Å². The molecule has 0 saturated heterocycles. The molecule has 1 amide bonds. The Labute approximate surface area is 153 Å². The fourth-order valence-electron chi connectivity index (χ4n) is 1.84. The van der Waals surface area contributed by atoms with Crippen LogP contribution in [0.3, 0.4) is 0 Å². The van der Waals surface area contributed by atoms with Crippen LogP contribution in [0.2, 0.25) is 10.0 Å². The second-order valence-corrected chi connectivity index (χ2v) is 6.11. The van der Waals surface area contributed by atoms with Gasteiger partial charge < -0.3 is 10.4 Å². The number of hydrogen-bond acceptors (Lipinski definition) is 3. The summed E-state index contributed by atoms with van der Waals surface area (Å²) in [6.45, 7) is 1.91. The van der Waals surface area contributed by atoms with Gasteiger partial charge in [0.2, 0.25) is 0 Å². The molecule has 0 heterocycles. The van der Waals surface area contributed by atoms with Crippen molar-refractivity contribution in [2.75, 3.05) is 5.32 Å². The van der Waals surface area contributed by atoms with Crippen molar-refractivity contribution < 1.29 is 14.7 Å². The lowest BCUT2D eigenvalue weighted by Gasteiger charge is -2.12. The number of nitrogens with one attached hydrogen (secondary N) is 2. The van der Waals surface area contributed by atoms with Gasteiger partial charge in [-0.1, -0.05) is 40.9 Å². The fourth-order valence-corrected chi connectivity index (χ4v) is 2.56. The van der Waals surface area contributed by atoms with E-state index < -0.39 is 11.9 Å². The highest BCUT2D eigenvalue weighted by molar-refractivity contribution is 7.80. The Bertz CT molecular complexity index is 823. The molecule has 0 bridgehead atoms. The summed E-state index contributed by atoms with van der Waals surface area (Å²) in [5, 5.41) is 14.4. The molecule has 0 spiro atoms. The zero-order valence-corrected chi connectivity index (χ0v) is 14.7. The van der Waals surface area contributed by atoms with Crippen molar-refractivity contribution >= 4 is 58.1 Å².